The lowest BCUT2D eigenvalue weighted by Crippen LogP contribution is -2.17. The van der Waals surface area contributed by atoms with Gasteiger partial charge in [0.2, 0.25) is 0 Å². The molecule has 0 spiro atoms. The van der Waals surface area contributed by atoms with Crippen LogP contribution < -0.4 is 0 Å². The van der Waals surface area contributed by atoms with Crippen molar-refractivity contribution < 1.29 is 22.7 Å². The molecular weight excluding hydrogens is 428 g/mol. The van der Waals surface area contributed by atoms with Gasteiger partial charge in [0.25, 0.3) is 15.9 Å². The lowest BCUT2D eigenvalue weighted by Gasteiger charge is -2.13. The first-order chi connectivity index (χ1) is 15.3. The summed E-state index contributed by atoms with van der Waals surface area (Å²) in [7, 11) is -1.17. The van der Waals surface area contributed by atoms with Crippen LogP contribution in [0.25, 0.3) is 21.8 Å². The summed E-state index contributed by atoms with van der Waals surface area (Å²) in [6, 6.07) is 15.1. The van der Waals surface area contributed by atoms with Crippen LogP contribution in [0.5, 0.6) is 0 Å². The summed E-state index contributed by atoms with van der Waals surface area (Å²) in [4.78, 5) is 27.5. The van der Waals surface area contributed by atoms with E-state index in [0.29, 0.717) is 34.0 Å². The second kappa shape index (κ2) is 6.93. The average molecular weight is 449 g/mol. The van der Waals surface area contributed by atoms with Crippen molar-refractivity contribution in [3.63, 3.8) is 0 Å². The number of para-hydroxylation sites is 1. The molecule has 4 aromatic rings. The van der Waals surface area contributed by atoms with Gasteiger partial charge in [-0.3, -0.25) is 4.79 Å². The van der Waals surface area contributed by atoms with Crippen LogP contribution in [0.4, 0.5) is 0 Å². The van der Waals surface area contributed by atoms with Crippen molar-refractivity contribution in [3.05, 3.63) is 76.9 Å². The maximum Gasteiger partial charge on any atom is 0.340 e. The van der Waals surface area contributed by atoms with Crippen LogP contribution >= 0.6 is 0 Å². The number of esters is 1. The van der Waals surface area contributed by atoms with Gasteiger partial charge in [0.05, 0.1) is 34.2 Å². The molecule has 3 aromatic carbocycles. The van der Waals surface area contributed by atoms with Gasteiger partial charge < -0.3 is 9.64 Å². The monoisotopic (exact) mass is 448 g/mol. The fourth-order valence-corrected chi connectivity index (χ4v) is 6.11. The van der Waals surface area contributed by atoms with Crippen LogP contribution in [0.2, 0.25) is 0 Å². The van der Waals surface area contributed by atoms with E-state index in [1.807, 2.05) is 13.0 Å². The first-order valence-corrected chi connectivity index (χ1v) is 11.4. The number of benzene rings is 3. The van der Waals surface area contributed by atoms with Crippen LogP contribution in [0.3, 0.4) is 0 Å². The van der Waals surface area contributed by atoms with Crippen molar-refractivity contribution in [1.82, 2.24) is 8.87 Å². The lowest BCUT2D eigenvalue weighted by molar-refractivity contribution is 0.0602. The SMILES string of the molecule is COC(=O)c1cc2c(c3c4ccccc4n(S(=O)(=O)c4cccc(C)c4)c13)C(=O)N(C)C2. The number of aryl methyl sites for hydroxylation is 1. The maximum atomic E-state index is 13.9. The quantitative estimate of drug-likeness (QED) is 0.446. The van der Waals surface area contributed by atoms with Crippen LogP contribution in [0.1, 0.15) is 31.8 Å². The molecule has 162 valence electrons. The number of carbonyl (C=O) groups excluding carboxylic acids is 2. The Hall–Kier alpha value is -3.65. The first kappa shape index (κ1) is 20.3. The molecule has 0 saturated carbocycles. The van der Waals surface area contributed by atoms with Crippen LogP contribution in [0.15, 0.2) is 59.5 Å². The van der Waals surface area contributed by atoms with E-state index < -0.39 is 16.0 Å². The minimum Gasteiger partial charge on any atom is -0.465 e. The molecule has 1 aliphatic heterocycles. The molecule has 0 saturated heterocycles. The Morgan fingerprint density at radius 1 is 1.06 bits per heavy atom. The van der Waals surface area contributed by atoms with E-state index >= 15 is 0 Å². The van der Waals surface area contributed by atoms with E-state index in [4.69, 9.17) is 4.74 Å². The molecule has 0 atom stereocenters. The fraction of sp³-hybridized carbons (Fsp3) is 0.167. The Morgan fingerprint density at radius 2 is 1.81 bits per heavy atom. The smallest absolute Gasteiger partial charge is 0.340 e. The van der Waals surface area contributed by atoms with Gasteiger partial charge in [0.15, 0.2) is 0 Å². The van der Waals surface area contributed by atoms with Gasteiger partial charge in [-0.25, -0.2) is 17.2 Å². The first-order valence-electron chi connectivity index (χ1n) is 10.0. The average Bonchev–Trinajstić information content (AvgIpc) is 3.27. The van der Waals surface area contributed by atoms with Crippen LogP contribution in [0, 0.1) is 6.92 Å². The van der Waals surface area contributed by atoms with Crippen molar-refractivity contribution >= 4 is 43.7 Å². The third-order valence-electron chi connectivity index (χ3n) is 5.88. The molecule has 0 bridgehead atoms. The molecule has 0 fully saturated rings. The summed E-state index contributed by atoms with van der Waals surface area (Å²) in [5.41, 5.74) is 2.53. The molecule has 2 heterocycles. The van der Waals surface area contributed by atoms with Gasteiger partial charge in [-0.15, -0.1) is 0 Å². The number of hydrogen-bond donors (Lipinski definition) is 0. The maximum absolute atomic E-state index is 13.9. The third kappa shape index (κ3) is 2.69. The second-order valence-electron chi connectivity index (χ2n) is 7.94. The molecule has 8 heteroatoms. The number of fused-ring (bicyclic) bond motifs is 5. The van der Waals surface area contributed by atoms with Crippen molar-refractivity contribution in [2.45, 2.75) is 18.4 Å². The predicted molar refractivity (Wildman–Crippen MR) is 120 cm³/mol. The van der Waals surface area contributed by atoms with Gasteiger partial charge in [-0.2, -0.15) is 0 Å². The number of rotatable bonds is 3. The molecule has 0 radical (unpaired) electrons. The number of carbonyl (C=O) groups is 2. The van der Waals surface area contributed by atoms with E-state index in [1.165, 1.54) is 17.1 Å². The highest BCUT2D eigenvalue weighted by Crippen LogP contribution is 2.40. The molecule has 32 heavy (non-hydrogen) atoms. The number of methoxy groups -OCH3 is 1. The molecule has 0 N–H and O–H groups in total. The normalized spacial score (nSPS) is 13.7. The molecule has 1 aromatic heterocycles. The van der Waals surface area contributed by atoms with Gasteiger partial charge in [-0.1, -0.05) is 30.3 Å². The van der Waals surface area contributed by atoms with E-state index in [0.717, 1.165) is 5.56 Å². The fourth-order valence-electron chi connectivity index (χ4n) is 4.47. The van der Waals surface area contributed by atoms with Gasteiger partial charge >= 0.3 is 5.97 Å². The lowest BCUT2D eigenvalue weighted by atomic mass is 9.98. The van der Waals surface area contributed by atoms with Crippen molar-refractivity contribution in [2.75, 3.05) is 14.2 Å². The summed E-state index contributed by atoms with van der Waals surface area (Å²) in [5, 5.41) is 1.04. The molecule has 1 amide bonds. The van der Waals surface area contributed by atoms with Crippen molar-refractivity contribution in [3.8, 4) is 0 Å². The Labute approximate surface area is 184 Å². The zero-order chi connectivity index (χ0) is 22.8. The molecule has 0 aliphatic carbocycles. The summed E-state index contributed by atoms with van der Waals surface area (Å²) in [5.74, 6) is -0.874. The van der Waals surface area contributed by atoms with Crippen molar-refractivity contribution in [2.24, 2.45) is 0 Å². The number of aromatic nitrogens is 1. The Morgan fingerprint density at radius 3 is 2.53 bits per heavy atom. The number of hydrogen-bond acceptors (Lipinski definition) is 5. The largest absolute Gasteiger partial charge is 0.465 e. The molecule has 0 unspecified atom stereocenters. The summed E-state index contributed by atoms with van der Waals surface area (Å²) >= 11 is 0. The number of ether oxygens (including phenoxy) is 1. The number of amides is 1. The van der Waals surface area contributed by atoms with Crippen LogP contribution in [-0.2, 0) is 21.3 Å². The number of nitrogens with zero attached hydrogens (tertiary/aromatic N) is 2. The Kier molecular flexibility index (Phi) is 4.39. The van der Waals surface area contributed by atoms with E-state index in [9.17, 15) is 18.0 Å². The zero-order valence-electron chi connectivity index (χ0n) is 17.7. The summed E-state index contributed by atoms with van der Waals surface area (Å²) in [6.07, 6.45) is 0. The highest BCUT2D eigenvalue weighted by atomic mass is 32.2. The van der Waals surface area contributed by atoms with Gasteiger partial charge in [0.1, 0.15) is 0 Å². The summed E-state index contributed by atoms with van der Waals surface area (Å²) in [6.45, 7) is 2.14. The van der Waals surface area contributed by atoms with Crippen molar-refractivity contribution in [1.29, 1.82) is 0 Å². The predicted octanol–water partition coefficient (Wildman–Crippen LogP) is 3.71. The van der Waals surface area contributed by atoms with Crippen LogP contribution in [-0.4, -0.2) is 43.3 Å². The minimum atomic E-state index is -4.10. The molecule has 5 rings (SSSR count). The highest BCUT2D eigenvalue weighted by Gasteiger charge is 2.35. The van der Waals surface area contributed by atoms with Gasteiger partial charge in [-0.05, 0) is 42.3 Å². The second-order valence-corrected chi connectivity index (χ2v) is 9.72. The van der Waals surface area contributed by atoms with E-state index in [1.54, 1.807) is 54.4 Å². The summed E-state index contributed by atoms with van der Waals surface area (Å²) < 4.78 is 34.0. The Balaban J connectivity index is 2.03. The standard InChI is InChI=1S/C24H20N2O5S/c1-14-7-6-8-16(11-14)32(29,30)26-19-10-5-4-9-17(19)21-20-15(13-25(2)23(20)27)12-18(22(21)26)24(28)31-3/h4-12H,13H2,1-3H3. The molecule has 7 nitrogen and oxygen atoms in total. The zero-order valence-corrected chi connectivity index (χ0v) is 18.6. The third-order valence-corrected chi connectivity index (χ3v) is 7.59. The van der Waals surface area contributed by atoms with E-state index in [2.05, 4.69) is 0 Å². The molecular formula is C24H20N2O5S. The topological polar surface area (TPSA) is 85.7 Å². The minimum absolute atomic E-state index is 0.0971. The Bertz CT molecular complexity index is 1570. The molecule has 1 aliphatic rings. The van der Waals surface area contributed by atoms with E-state index in [-0.39, 0.29) is 21.9 Å². The highest BCUT2D eigenvalue weighted by molar-refractivity contribution is 7.90. The van der Waals surface area contributed by atoms with Gasteiger partial charge in [0, 0.05) is 24.4 Å².